The second kappa shape index (κ2) is 7.71. The molecule has 7 heteroatoms. The van der Waals surface area contributed by atoms with Crippen molar-refractivity contribution in [1.29, 1.82) is 0 Å². The van der Waals surface area contributed by atoms with Gasteiger partial charge in [0, 0.05) is 34.5 Å². The van der Waals surface area contributed by atoms with Gasteiger partial charge >= 0.3 is 0 Å². The molecule has 1 aliphatic rings. The second-order valence-electron chi connectivity index (χ2n) is 6.92. The van der Waals surface area contributed by atoms with Crippen LogP contribution in [0.2, 0.25) is 5.02 Å². The van der Waals surface area contributed by atoms with Gasteiger partial charge in [0.25, 0.3) is 0 Å². The van der Waals surface area contributed by atoms with Crippen LogP contribution in [0.15, 0.2) is 34.8 Å². The van der Waals surface area contributed by atoms with E-state index in [1.807, 2.05) is 12.1 Å². The van der Waals surface area contributed by atoms with Crippen molar-refractivity contribution in [2.75, 3.05) is 0 Å². The summed E-state index contributed by atoms with van der Waals surface area (Å²) in [5, 5.41) is 13.9. The van der Waals surface area contributed by atoms with E-state index in [4.69, 9.17) is 16.6 Å². The molecule has 1 aromatic carbocycles. The van der Waals surface area contributed by atoms with E-state index in [-0.39, 0.29) is 0 Å². The monoisotopic (exact) mass is 404 g/mol. The molecule has 0 N–H and O–H groups in total. The number of nitrogens with zero attached hydrogens (tertiary/aromatic N) is 4. The Morgan fingerprint density at radius 2 is 2.00 bits per heavy atom. The third kappa shape index (κ3) is 4.13. The summed E-state index contributed by atoms with van der Waals surface area (Å²) in [6.45, 7) is 4.36. The Labute approximate surface area is 167 Å². The Morgan fingerprint density at radius 1 is 1.23 bits per heavy atom. The van der Waals surface area contributed by atoms with Gasteiger partial charge in [-0.2, -0.15) is 0 Å². The van der Waals surface area contributed by atoms with Gasteiger partial charge in [-0.25, -0.2) is 4.98 Å². The maximum Gasteiger partial charge on any atom is 0.191 e. The fourth-order valence-electron chi connectivity index (χ4n) is 2.87. The molecule has 0 radical (unpaired) electrons. The molecule has 4 nitrogen and oxygen atoms in total. The molecule has 0 unspecified atom stereocenters. The van der Waals surface area contributed by atoms with Crippen molar-refractivity contribution in [1.82, 2.24) is 19.7 Å². The van der Waals surface area contributed by atoms with Crippen LogP contribution in [-0.4, -0.2) is 19.7 Å². The predicted molar refractivity (Wildman–Crippen MR) is 108 cm³/mol. The molecule has 4 rings (SSSR count). The molecule has 1 fully saturated rings. The minimum Gasteiger partial charge on any atom is -0.303 e. The summed E-state index contributed by atoms with van der Waals surface area (Å²) in [5.74, 6) is 2.35. The van der Waals surface area contributed by atoms with Crippen molar-refractivity contribution in [2.45, 2.75) is 56.0 Å². The highest BCUT2D eigenvalue weighted by atomic mass is 35.5. The van der Waals surface area contributed by atoms with Crippen LogP contribution >= 0.6 is 34.7 Å². The summed E-state index contributed by atoms with van der Waals surface area (Å²) >= 11 is 9.41. The van der Waals surface area contributed by atoms with Gasteiger partial charge in [-0.15, -0.1) is 21.5 Å². The van der Waals surface area contributed by atoms with Gasteiger partial charge in [-0.1, -0.05) is 49.3 Å². The van der Waals surface area contributed by atoms with Crippen LogP contribution in [0.5, 0.6) is 0 Å². The van der Waals surface area contributed by atoms with Gasteiger partial charge in [0.2, 0.25) is 0 Å². The Hall–Kier alpha value is -1.37. The molecular weight excluding hydrogens is 384 g/mol. The summed E-state index contributed by atoms with van der Waals surface area (Å²) < 4.78 is 2.34. The van der Waals surface area contributed by atoms with Crippen LogP contribution in [0.3, 0.4) is 0 Å². The fraction of sp³-hybridized carbons (Fsp3) is 0.421. The van der Waals surface area contributed by atoms with Gasteiger partial charge in [0.1, 0.15) is 5.82 Å². The SMILES string of the molecule is CC(C)c1nnc(SCc2csc(Cc3ccc(Cl)cc3)n2)n1C1CC1. The number of thioether (sulfide) groups is 1. The van der Waals surface area contributed by atoms with E-state index in [2.05, 4.69) is 46.1 Å². The summed E-state index contributed by atoms with van der Waals surface area (Å²) in [6, 6.07) is 8.57. The molecular formula is C19H21ClN4S2. The first-order valence-electron chi connectivity index (χ1n) is 8.85. The van der Waals surface area contributed by atoms with Crippen molar-refractivity contribution >= 4 is 34.7 Å². The van der Waals surface area contributed by atoms with Crippen molar-refractivity contribution in [3.63, 3.8) is 0 Å². The van der Waals surface area contributed by atoms with Crippen LogP contribution in [0, 0.1) is 0 Å². The van der Waals surface area contributed by atoms with E-state index < -0.39 is 0 Å². The Bertz CT molecular complexity index is 881. The zero-order valence-corrected chi connectivity index (χ0v) is 17.2. The average Bonchev–Trinajstić information content (AvgIpc) is 3.21. The number of benzene rings is 1. The number of aromatic nitrogens is 4. The quantitative estimate of drug-likeness (QED) is 0.471. The first-order valence-corrected chi connectivity index (χ1v) is 11.1. The van der Waals surface area contributed by atoms with Crippen molar-refractivity contribution in [2.24, 2.45) is 0 Å². The lowest BCUT2D eigenvalue weighted by atomic mass is 10.2. The highest BCUT2D eigenvalue weighted by molar-refractivity contribution is 7.98. The topological polar surface area (TPSA) is 43.6 Å². The molecule has 136 valence electrons. The number of hydrogen-bond acceptors (Lipinski definition) is 5. The molecule has 0 aliphatic heterocycles. The lowest BCUT2D eigenvalue weighted by Gasteiger charge is -2.10. The van der Waals surface area contributed by atoms with E-state index in [1.165, 1.54) is 18.4 Å². The van der Waals surface area contributed by atoms with E-state index in [9.17, 15) is 0 Å². The lowest BCUT2D eigenvalue weighted by Crippen LogP contribution is -2.04. The first-order chi connectivity index (χ1) is 12.6. The Kier molecular flexibility index (Phi) is 5.34. The zero-order chi connectivity index (χ0) is 18.1. The fourth-order valence-corrected chi connectivity index (χ4v) is 4.83. The maximum absolute atomic E-state index is 5.95. The van der Waals surface area contributed by atoms with Gasteiger partial charge in [-0.05, 0) is 30.5 Å². The summed E-state index contributed by atoms with van der Waals surface area (Å²) in [7, 11) is 0. The highest BCUT2D eigenvalue weighted by Crippen LogP contribution is 2.40. The molecule has 3 aromatic rings. The molecule has 1 aliphatic carbocycles. The third-order valence-corrected chi connectivity index (χ3v) is 6.46. The number of rotatable bonds is 7. The summed E-state index contributed by atoms with van der Waals surface area (Å²) in [6.07, 6.45) is 3.34. The van der Waals surface area contributed by atoms with Crippen LogP contribution in [0.4, 0.5) is 0 Å². The number of thiazole rings is 1. The Morgan fingerprint density at radius 3 is 2.69 bits per heavy atom. The number of halogens is 1. The molecule has 2 heterocycles. The summed E-state index contributed by atoms with van der Waals surface area (Å²) in [4.78, 5) is 4.78. The standard InChI is InChI=1S/C19H21ClN4S2/c1-12(2)18-22-23-19(24(18)16-7-8-16)26-11-15-10-25-17(21-15)9-13-3-5-14(20)6-4-13/h3-6,10,12,16H,7-9,11H2,1-2H3. The second-order valence-corrected chi connectivity index (χ2v) is 9.24. The van der Waals surface area contributed by atoms with Gasteiger partial charge in [-0.3, -0.25) is 0 Å². The van der Waals surface area contributed by atoms with Gasteiger partial charge in [0.15, 0.2) is 5.16 Å². The molecule has 0 spiro atoms. The van der Waals surface area contributed by atoms with Crippen molar-refractivity contribution in [3.8, 4) is 0 Å². The van der Waals surface area contributed by atoms with Crippen LogP contribution in [0.25, 0.3) is 0 Å². The molecule has 0 saturated heterocycles. The highest BCUT2D eigenvalue weighted by Gasteiger charge is 2.30. The summed E-state index contributed by atoms with van der Waals surface area (Å²) in [5.41, 5.74) is 2.35. The van der Waals surface area contributed by atoms with E-state index in [0.717, 1.165) is 38.9 Å². The van der Waals surface area contributed by atoms with E-state index in [1.54, 1.807) is 23.1 Å². The molecule has 26 heavy (non-hydrogen) atoms. The lowest BCUT2D eigenvalue weighted by molar-refractivity contribution is 0.599. The molecule has 1 saturated carbocycles. The molecule has 0 bridgehead atoms. The minimum absolute atomic E-state index is 0.405. The maximum atomic E-state index is 5.95. The number of hydrogen-bond donors (Lipinski definition) is 0. The normalized spacial score (nSPS) is 14.3. The zero-order valence-electron chi connectivity index (χ0n) is 14.9. The van der Waals surface area contributed by atoms with E-state index in [0.29, 0.717) is 12.0 Å². The van der Waals surface area contributed by atoms with Crippen LogP contribution in [0.1, 0.15) is 60.7 Å². The Balaban J connectivity index is 1.41. The molecule has 0 amide bonds. The van der Waals surface area contributed by atoms with Crippen LogP contribution < -0.4 is 0 Å². The third-order valence-electron chi connectivity index (χ3n) is 4.34. The smallest absolute Gasteiger partial charge is 0.191 e. The van der Waals surface area contributed by atoms with Crippen molar-refractivity contribution < 1.29 is 0 Å². The molecule has 2 aromatic heterocycles. The van der Waals surface area contributed by atoms with Gasteiger partial charge < -0.3 is 4.57 Å². The average molecular weight is 405 g/mol. The van der Waals surface area contributed by atoms with Crippen molar-refractivity contribution in [3.05, 3.63) is 56.8 Å². The predicted octanol–water partition coefficient (Wildman–Crippen LogP) is 5.73. The van der Waals surface area contributed by atoms with Crippen LogP contribution in [-0.2, 0) is 12.2 Å². The van der Waals surface area contributed by atoms with E-state index >= 15 is 0 Å². The molecule has 0 atom stereocenters. The first kappa shape index (κ1) is 18.0. The largest absolute Gasteiger partial charge is 0.303 e. The minimum atomic E-state index is 0.405. The van der Waals surface area contributed by atoms with Gasteiger partial charge in [0.05, 0.1) is 10.7 Å².